The Kier molecular flexibility index (Phi) is 5.66. The number of hydrogen-bond acceptors (Lipinski definition) is 3. The second-order valence-corrected chi connectivity index (χ2v) is 2.92. The van der Waals surface area contributed by atoms with E-state index in [2.05, 4.69) is 10.6 Å². The average Bonchev–Trinajstić information content (AvgIpc) is 2.03. The molecule has 72 valence electrons. The van der Waals surface area contributed by atoms with Crippen molar-refractivity contribution in [1.29, 1.82) is 0 Å². The molecule has 0 aliphatic carbocycles. The van der Waals surface area contributed by atoms with Crippen molar-refractivity contribution in [1.82, 2.24) is 10.6 Å². The lowest BCUT2D eigenvalue weighted by molar-refractivity contribution is -0.122. The molecule has 0 aromatic carbocycles. The Morgan fingerprint density at radius 1 is 1.50 bits per heavy atom. The molecular formula is C8H18N2O2. The molecule has 0 aromatic heterocycles. The van der Waals surface area contributed by atoms with Crippen LogP contribution in [-0.2, 0) is 4.79 Å². The summed E-state index contributed by atoms with van der Waals surface area (Å²) in [5.41, 5.74) is 0. The normalized spacial score (nSPS) is 15.3. The molecule has 4 nitrogen and oxygen atoms in total. The minimum Gasteiger partial charge on any atom is -0.396 e. The fourth-order valence-corrected chi connectivity index (χ4v) is 0.996. The maximum Gasteiger partial charge on any atom is 0.236 e. The molecule has 0 aliphatic heterocycles. The first-order chi connectivity index (χ1) is 5.61. The van der Waals surface area contributed by atoms with E-state index in [-0.39, 0.29) is 24.6 Å². The molecule has 12 heavy (non-hydrogen) atoms. The van der Waals surface area contributed by atoms with Gasteiger partial charge in [-0.1, -0.05) is 0 Å². The van der Waals surface area contributed by atoms with Crippen molar-refractivity contribution in [3.63, 3.8) is 0 Å². The maximum absolute atomic E-state index is 11.0. The van der Waals surface area contributed by atoms with Gasteiger partial charge in [0.05, 0.1) is 6.04 Å². The second-order valence-electron chi connectivity index (χ2n) is 2.92. The highest BCUT2D eigenvalue weighted by Crippen LogP contribution is 1.91. The molecule has 0 heterocycles. The van der Waals surface area contributed by atoms with Gasteiger partial charge in [-0.05, 0) is 20.3 Å². The summed E-state index contributed by atoms with van der Waals surface area (Å²) in [6, 6.07) is -0.0288. The molecule has 0 spiro atoms. The van der Waals surface area contributed by atoms with Gasteiger partial charge in [-0.15, -0.1) is 0 Å². The van der Waals surface area contributed by atoms with E-state index in [4.69, 9.17) is 5.11 Å². The number of rotatable bonds is 5. The van der Waals surface area contributed by atoms with Crippen LogP contribution in [0.5, 0.6) is 0 Å². The molecule has 3 N–H and O–H groups in total. The van der Waals surface area contributed by atoms with E-state index in [1.54, 1.807) is 14.0 Å². The summed E-state index contributed by atoms with van der Waals surface area (Å²) < 4.78 is 0. The first-order valence-corrected chi connectivity index (χ1v) is 4.20. The zero-order valence-corrected chi connectivity index (χ0v) is 7.92. The predicted molar refractivity (Wildman–Crippen MR) is 47.8 cm³/mol. The molecule has 0 aliphatic rings. The van der Waals surface area contributed by atoms with Crippen molar-refractivity contribution in [2.75, 3.05) is 13.7 Å². The summed E-state index contributed by atoms with van der Waals surface area (Å²) >= 11 is 0. The van der Waals surface area contributed by atoms with Crippen LogP contribution in [0.25, 0.3) is 0 Å². The molecule has 4 heteroatoms. The van der Waals surface area contributed by atoms with E-state index in [1.807, 2.05) is 6.92 Å². The molecule has 2 unspecified atom stereocenters. The standard InChI is InChI=1S/C8H18N2O2/c1-6(4-5-11)10-7(2)8(12)9-3/h6-7,10-11H,4-5H2,1-3H3,(H,9,12). The molecule has 1 amide bonds. The fraction of sp³-hybridized carbons (Fsp3) is 0.875. The van der Waals surface area contributed by atoms with Crippen LogP contribution in [-0.4, -0.2) is 36.8 Å². The number of nitrogens with one attached hydrogen (secondary N) is 2. The zero-order chi connectivity index (χ0) is 9.56. The Labute approximate surface area is 73.3 Å². The molecular weight excluding hydrogens is 156 g/mol. The third-order valence-corrected chi connectivity index (χ3v) is 1.74. The molecule has 2 atom stereocenters. The summed E-state index contributed by atoms with van der Waals surface area (Å²) in [5.74, 6) is -0.0280. The summed E-state index contributed by atoms with van der Waals surface area (Å²) in [6.07, 6.45) is 0.668. The first-order valence-electron chi connectivity index (χ1n) is 4.20. The molecule has 0 rings (SSSR count). The highest BCUT2D eigenvalue weighted by Gasteiger charge is 2.12. The smallest absolute Gasteiger partial charge is 0.236 e. The Morgan fingerprint density at radius 3 is 2.50 bits per heavy atom. The molecule has 0 saturated heterocycles. The highest BCUT2D eigenvalue weighted by molar-refractivity contribution is 5.80. The van der Waals surface area contributed by atoms with Crippen LogP contribution >= 0.6 is 0 Å². The van der Waals surface area contributed by atoms with Crippen molar-refractivity contribution >= 4 is 5.91 Å². The SMILES string of the molecule is CNC(=O)C(C)NC(C)CCO. The molecule has 0 saturated carbocycles. The van der Waals surface area contributed by atoms with Gasteiger partial charge < -0.3 is 15.7 Å². The van der Waals surface area contributed by atoms with Gasteiger partial charge in [0.2, 0.25) is 5.91 Å². The molecule has 0 radical (unpaired) electrons. The van der Waals surface area contributed by atoms with E-state index in [9.17, 15) is 4.79 Å². The zero-order valence-electron chi connectivity index (χ0n) is 7.92. The van der Waals surface area contributed by atoms with Gasteiger partial charge in [0.15, 0.2) is 0 Å². The van der Waals surface area contributed by atoms with Crippen LogP contribution in [0.2, 0.25) is 0 Å². The van der Waals surface area contributed by atoms with Crippen LogP contribution < -0.4 is 10.6 Å². The van der Waals surface area contributed by atoms with Crippen LogP contribution in [0.4, 0.5) is 0 Å². The van der Waals surface area contributed by atoms with Crippen LogP contribution in [0.3, 0.4) is 0 Å². The summed E-state index contributed by atoms with van der Waals surface area (Å²) in [4.78, 5) is 11.0. The molecule has 0 bridgehead atoms. The number of amides is 1. The van der Waals surface area contributed by atoms with E-state index >= 15 is 0 Å². The Morgan fingerprint density at radius 2 is 2.08 bits per heavy atom. The Hall–Kier alpha value is -0.610. The largest absolute Gasteiger partial charge is 0.396 e. The van der Waals surface area contributed by atoms with Crippen molar-refractivity contribution in [3.8, 4) is 0 Å². The van der Waals surface area contributed by atoms with Gasteiger partial charge in [-0.3, -0.25) is 4.79 Å². The third kappa shape index (κ3) is 4.31. The first kappa shape index (κ1) is 11.4. The van der Waals surface area contributed by atoms with E-state index < -0.39 is 0 Å². The van der Waals surface area contributed by atoms with Gasteiger partial charge in [0.25, 0.3) is 0 Å². The van der Waals surface area contributed by atoms with Gasteiger partial charge in [-0.2, -0.15) is 0 Å². The van der Waals surface area contributed by atoms with Crippen molar-refractivity contribution in [2.24, 2.45) is 0 Å². The fourth-order valence-electron chi connectivity index (χ4n) is 0.996. The van der Waals surface area contributed by atoms with E-state index in [0.717, 1.165) is 0 Å². The number of hydrogen-bond donors (Lipinski definition) is 3. The maximum atomic E-state index is 11.0. The third-order valence-electron chi connectivity index (χ3n) is 1.74. The lowest BCUT2D eigenvalue weighted by Gasteiger charge is -2.17. The van der Waals surface area contributed by atoms with E-state index in [1.165, 1.54) is 0 Å². The minimum absolute atomic E-state index is 0.0280. The second kappa shape index (κ2) is 5.97. The van der Waals surface area contributed by atoms with Crippen LogP contribution in [0.15, 0.2) is 0 Å². The summed E-state index contributed by atoms with van der Waals surface area (Å²) in [5, 5.41) is 14.2. The van der Waals surface area contributed by atoms with Crippen LogP contribution in [0.1, 0.15) is 20.3 Å². The van der Waals surface area contributed by atoms with Gasteiger partial charge >= 0.3 is 0 Å². The van der Waals surface area contributed by atoms with Crippen molar-refractivity contribution in [2.45, 2.75) is 32.4 Å². The summed E-state index contributed by atoms with van der Waals surface area (Å²) in [6.45, 7) is 3.89. The van der Waals surface area contributed by atoms with Gasteiger partial charge in [-0.25, -0.2) is 0 Å². The Balaban J connectivity index is 3.67. The number of carbonyl (C=O) groups is 1. The molecule has 0 aromatic rings. The molecule has 0 fully saturated rings. The number of carbonyl (C=O) groups excluding carboxylic acids is 1. The van der Waals surface area contributed by atoms with Crippen molar-refractivity contribution in [3.05, 3.63) is 0 Å². The monoisotopic (exact) mass is 174 g/mol. The lowest BCUT2D eigenvalue weighted by Crippen LogP contribution is -2.44. The lowest BCUT2D eigenvalue weighted by atomic mass is 10.2. The quantitative estimate of drug-likeness (QED) is 0.525. The summed E-state index contributed by atoms with van der Waals surface area (Å²) in [7, 11) is 1.61. The van der Waals surface area contributed by atoms with Crippen LogP contribution in [0, 0.1) is 0 Å². The highest BCUT2D eigenvalue weighted by atomic mass is 16.3. The number of aliphatic hydroxyl groups is 1. The Bertz CT molecular complexity index is 139. The topological polar surface area (TPSA) is 61.4 Å². The van der Waals surface area contributed by atoms with Gasteiger partial charge in [0.1, 0.15) is 0 Å². The average molecular weight is 174 g/mol. The minimum atomic E-state index is -0.198. The number of likely N-dealkylation sites (N-methyl/N-ethyl adjacent to an activating group) is 1. The van der Waals surface area contributed by atoms with Gasteiger partial charge in [0, 0.05) is 19.7 Å². The van der Waals surface area contributed by atoms with E-state index in [0.29, 0.717) is 6.42 Å². The predicted octanol–water partition coefficient (Wildman–Crippen LogP) is -0.519. The number of aliphatic hydroxyl groups excluding tert-OH is 1. The van der Waals surface area contributed by atoms with Crippen molar-refractivity contribution < 1.29 is 9.90 Å².